The fourth-order valence-corrected chi connectivity index (χ4v) is 3.99. The van der Waals surface area contributed by atoms with Crippen molar-refractivity contribution in [3.8, 4) is 0 Å². The third-order valence-electron chi connectivity index (χ3n) is 6.08. The van der Waals surface area contributed by atoms with Crippen molar-refractivity contribution >= 4 is 35.6 Å². The van der Waals surface area contributed by atoms with Gasteiger partial charge in [-0.1, -0.05) is 0 Å². The molecule has 0 spiro atoms. The lowest BCUT2D eigenvalue weighted by Crippen LogP contribution is -2.58. The number of carboxylic acids is 1. The van der Waals surface area contributed by atoms with Crippen molar-refractivity contribution in [2.75, 3.05) is 39.8 Å². The molecule has 222 valence electrons. The van der Waals surface area contributed by atoms with Crippen molar-refractivity contribution in [1.29, 1.82) is 0 Å². The third kappa shape index (κ3) is 12.7. The van der Waals surface area contributed by atoms with Gasteiger partial charge in [-0.25, -0.2) is 0 Å². The maximum Gasteiger partial charge on any atom is 0.323 e. The number of carbonyl (C=O) groups is 5. The Morgan fingerprint density at radius 3 is 2.21 bits per heavy atom. The zero-order chi connectivity index (χ0) is 29.4. The number of guanidine groups is 1. The molecule has 12 N–H and O–H groups in total. The van der Waals surface area contributed by atoms with Crippen molar-refractivity contribution in [3.05, 3.63) is 0 Å². The van der Waals surface area contributed by atoms with E-state index in [1.54, 1.807) is 0 Å². The molecule has 1 aliphatic rings. The number of carbonyl (C=O) groups excluding carboxylic acids is 4. The first-order chi connectivity index (χ1) is 18.5. The Kier molecular flexibility index (Phi) is 15.4. The minimum Gasteiger partial charge on any atom is -0.480 e. The third-order valence-corrected chi connectivity index (χ3v) is 6.08. The van der Waals surface area contributed by atoms with Crippen LogP contribution in [0.3, 0.4) is 0 Å². The van der Waals surface area contributed by atoms with Gasteiger partial charge in [0, 0.05) is 13.6 Å². The topological polar surface area (TPSA) is 268 Å². The van der Waals surface area contributed by atoms with Crippen LogP contribution >= 0.6 is 0 Å². The van der Waals surface area contributed by atoms with E-state index in [4.69, 9.17) is 22.3 Å². The summed E-state index contributed by atoms with van der Waals surface area (Å²) in [6, 6.07) is -4.02. The number of aliphatic hydroxyl groups excluding tert-OH is 1. The van der Waals surface area contributed by atoms with E-state index in [0.29, 0.717) is 38.8 Å². The molecule has 4 atom stereocenters. The number of aliphatic carboxylic acids is 1. The smallest absolute Gasteiger partial charge is 0.323 e. The van der Waals surface area contributed by atoms with Crippen LogP contribution in [-0.2, 0) is 24.0 Å². The summed E-state index contributed by atoms with van der Waals surface area (Å²) in [5.74, 6) is -3.90. The molecule has 0 aromatic heterocycles. The number of likely N-dealkylation sites (N-methyl/N-ethyl adjacent to an activating group) is 1. The number of hydrogen-bond acceptors (Lipinski definition) is 9. The quantitative estimate of drug-likeness (QED) is 0.0444. The van der Waals surface area contributed by atoms with Crippen molar-refractivity contribution in [3.63, 3.8) is 0 Å². The summed E-state index contributed by atoms with van der Waals surface area (Å²) in [5.41, 5.74) is 16.2. The second kappa shape index (κ2) is 17.9. The van der Waals surface area contributed by atoms with E-state index in [2.05, 4.69) is 26.3 Å². The number of aliphatic imine (C=N–C) groups is 1. The largest absolute Gasteiger partial charge is 0.480 e. The first-order valence-corrected chi connectivity index (χ1v) is 13.0. The summed E-state index contributed by atoms with van der Waals surface area (Å²) in [7, 11) is 1.29. The van der Waals surface area contributed by atoms with E-state index in [1.165, 1.54) is 7.05 Å². The number of carboxylic acid groups (broad SMARTS) is 1. The van der Waals surface area contributed by atoms with Crippen LogP contribution in [0, 0.1) is 0 Å². The van der Waals surface area contributed by atoms with E-state index >= 15 is 0 Å². The van der Waals surface area contributed by atoms with E-state index in [0.717, 1.165) is 11.3 Å². The Labute approximate surface area is 227 Å². The van der Waals surface area contributed by atoms with Gasteiger partial charge in [0.05, 0.1) is 12.6 Å². The molecule has 39 heavy (non-hydrogen) atoms. The lowest BCUT2D eigenvalue weighted by atomic mass is 10.1. The summed E-state index contributed by atoms with van der Waals surface area (Å²) in [6.45, 7) is -0.102. The minimum absolute atomic E-state index is 0.114. The molecule has 1 saturated heterocycles. The SMILES string of the molecule is CN(CC(=O)O)C(=O)[C@H](CCCCN)NC(=O)[C@H](CO)NC(=O)[C@H](CCCN=C(N)N)NC(=O)[C@@H]1CCCN1. The molecule has 16 heteroatoms. The van der Waals surface area contributed by atoms with Gasteiger partial charge in [0.15, 0.2) is 5.96 Å². The molecule has 0 bridgehead atoms. The molecule has 0 radical (unpaired) electrons. The molecular formula is C23H43N9O7. The average Bonchev–Trinajstić information content (AvgIpc) is 3.42. The van der Waals surface area contributed by atoms with Crippen LogP contribution in [0.15, 0.2) is 4.99 Å². The second-order valence-corrected chi connectivity index (χ2v) is 9.34. The Balaban J connectivity index is 2.93. The van der Waals surface area contributed by atoms with Crippen LogP contribution in [0.1, 0.15) is 44.9 Å². The lowest BCUT2D eigenvalue weighted by molar-refractivity contribution is -0.145. The molecule has 1 fully saturated rings. The van der Waals surface area contributed by atoms with Gasteiger partial charge in [-0.15, -0.1) is 0 Å². The summed E-state index contributed by atoms with van der Waals surface area (Å²) < 4.78 is 0. The van der Waals surface area contributed by atoms with Gasteiger partial charge in [0.1, 0.15) is 24.7 Å². The Bertz CT molecular complexity index is 861. The van der Waals surface area contributed by atoms with Gasteiger partial charge in [-0.05, 0) is 58.0 Å². The maximum atomic E-state index is 13.1. The van der Waals surface area contributed by atoms with Crippen molar-refractivity contribution in [2.45, 2.75) is 69.1 Å². The normalized spacial score (nSPS) is 16.8. The van der Waals surface area contributed by atoms with Gasteiger partial charge in [-0.2, -0.15) is 0 Å². The van der Waals surface area contributed by atoms with E-state index in [9.17, 15) is 29.1 Å². The first kappa shape index (κ1) is 33.5. The highest BCUT2D eigenvalue weighted by Gasteiger charge is 2.32. The van der Waals surface area contributed by atoms with Gasteiger partial charge >= 0.3 is 5.97 Å². The highest BCUT2D eigenvalue weighted by molar-refractivity contribution is 5.95. The molecule has 0 unspecified atom stereocenters. The number of nitrogens with one attached hydrogen (secondary N) is 4. The van der Waals surface area contributed by atoms with Crippen LogP contribution in [0.2, 0.25) is 0 Å². The summed E-state index contributed by atoms with van der Waals surface area (Å²) >= 11 is 0. The average molecular weight is 558 g/mol. The number of rotatable bonds is 18. The molecule has 4 amide bonds. The molecule has 1 heterocycles. The van der Waals surface area contributed by atoms with Gasteiger partial charge in [0.2, 0.25) is 23.6 Å². The van der Waals surface area contributed by atoms with E-state index in [-0.39, 0.29) is 31.3 Å². The minimum atomic E-state index is -1.44. The fraction of sp³-hybridized carbons (Fsp3) is 0.739. The molecular weight excluding hydrogens is 514 g/mol. The summed E-state index contributed by atoms with van der Waals surface area (Å²) in [5, 5.41) is 29.5. The molecule has 0 aliphatic carbocycles. The van der Waals surface area contributed by atoms with Gasteiger partial charge in [0.25, 0.3) is 0 Å². The van der Waals surface area contributed by atoms with Crippen molar-refractivity contribution < 1.29 is 34.2 Å². The summed E-state index contributed by atoms with van der Waals surface area (Å²) in [6.07, 6.45) is 3.16. The number of nitrogens with zero attached hydrogens (tertiary/aromatic N) is 2. The molecule has 0 saturated carbocycles. The number of hydrogen-bond donors (Lipinski definition) is 9. The molecule has 16 nitrogen and oxygen atoms in total. The van der Waals surface area contributed by atoms with E-state index in [1.807, 2.05) is 0 Å². The van der Waals surface area contributed by atoms with Crippen LogP contribution in [0.25, 0.3) is 0 Å². The zero-order valence-electron chi connectivity index (χ0n) is 22.4. The molecule has 0 aromatic carbocycles. The van der Waals surface area contributed by atoms with Gasteiger partial charge in [-0.3, -0.25) is 29.0 Å². The van der Waals surface area contributed by atoms with E-state index < -0.39 is 61.0 Å². The Morgan fingerprint density at radius 2 is 1.64 bits per heavy atom. The standard InChI is InChI=1S/C23H43N9O7/c1-32(12-18(34)35)22(39)16(6-2-3-9-24)30-21(38)17(13-33)31-20(37)15(8-5-11-28-23(25)26)29-19(36)14-7-4-10-27-14/h14-17,27,33H,2-13,24H2,1H3,(H,29,36)(H,30,38)(H,31,37)(H,34,35)(H4,25,26,28)/t14-,15-,16-,17-/m0/s1. The Morgan fingerprint density at radius 1 is 1.00 bits per heavy atom. The second-order valence-electron chi connectivity index (χ2n) is 9.34. The molecule has 1 rings (SSSR count). The van der Waals surface area contributed by atoms with Crippen LogP contribution in [0.5, 0.6) is 0 Å². The van der Waals surface area contributed by atoms with Crippen molar-refractivity contribution in [1.82, 2.24) is 26.2 Å². The number of aliphatic hydroxyl groups is 1. The van der Waals surface area contributed by atoms with Crippen molar-refractivity contribution in [2.24, 2.45) is 22.2 Å². The maximum absolute atomic E-state index is 13.1. The predicted molar refractivity (Wildman–Crippen MR) is 142 cm³/mol. The lowest BCUT2D eigenvalue weighted by Gasteiger charge is -2.26. The number of amides is 4. The Hall–Kier alpha value is -3.50. The van der Waals surface area contributed by atoms with Crippen LogP contribution < -0.4 is 38.5 Å². The monoisotopic (exact) mass is 557 g/mol. The van der Waals surface area contributed by atoms with Gasteiger partial charge < -0.3 is 53.6 Å². The fourth-order valence-electron chi connectivity index (χ4n) is 3.99. The van der Waals surface area contributed by atoms with Crippen LogP contribution in [-0.4, -0.2) is 115 Å². The predicted octanol–water partition coefficient (Wildman–Crippen LogP) is -4.09. The summed E-state index contributed by atoms with van der Waals surface area (Å²) in [4.78, 5) is 67.3. The van der Waals surface area contributed by atoms with Crippen LogP contribution in [0.4, 0.5) is 0 Å². The zero-order valence-corrected chi connectivity index (χ0v) is 22.4. The highest BCUT2D eigenvalue weighted by Crippen LogP contribution is 2.08. The number of nitrogens with two attached hydrogens (primary N) is 3. The highest BCUT2D eigenvalue weighted by atomic mass is 16.4. The number of unbranched alkanes of at least 4 members (excludes halogenated alkanes) is 1. The molecule has 1 aliphatic heterocycles. The first-order valence-electron chi connectivity index (χ1n) is 13.0. The molecule has 0 aromatic rings.